The average molecular weight is 390 g/mol. The minimum Gasteiger partial charge on any atom is -0.496 e. The summed E-state index contributed by atoms with van der Waals surface area (Å²) < 4.78 is 5.53. The van der Waals surface area contributed by atoms with Crippen molar-refractivity contribution < 1.29 is 9.53 Å². The molecule has 2 aromatic rings. The Morgan fingerprint density at radius 2 is 2.14 bits per heavy atom. The van der Waals surface area contributed by atoms with E-state index < -0.39 is 0 Å². The van der Waals surface area contributed by atoms with Gasteiger partial charge in [-0.3, -0.25) is 9.78 Å². The van der Waals surface area contributed by atoms with Crippen LogP contribution in [0.5, 0.6) is 5.75 Å². The molecule has 2 unspecified atom stereocenters. The maximum Gasteiger partial charge on any atom is 0.133 e. The molecule has 0 N–H and O–H groups in total. The maximum absolute atomic E-state index is 12.7. The average Bonchev–Trinajstić information content (AvgIpc) is 3.21. The van der Waals surface area contributed by atoms with Crippen LogP contribution in [-0.4, -0.2) is 17.9 Å². The Kier molecular flexibility index (Phi) is 6.13. The Bertz CT molecular complexity index is 915. The van der Waals surface area contributed by atoms with E-state index in [1.54, 1.807) is 7.11 Å². The number of para-hydroxylation sites is 1. The number of rotatable bonds is 7. The van der Waals surface area contributed by atoms with Gasteiger partial charge in [0.2, 0.25) is 0 Å². The molecule has 29 heavy (non-hydrogen) atoms. The zero-order chi connectivity index (χ0) is 20.2. The number of ketones is 1. The molecule has 1 saturated carbocycles. The molecule has 3 nitrogen and oxygen atoms in total. The SMILES string of the molecule is COc1c(C)cccc1CCC(=O)CC1CCCC(c2nccc3c2C=CC3)C1. The topological polar surface area (TPSA) is 39.2 Å². The lowest BCUT2D eigenvalue weighted by molar-refractivity contribution is -0.120. The molecule has 2 aliphatic rings. The summed E-state index contributed by atoms with van der Waals surface area (Å²) in [6.45, 7) is 2.05. The van der Waals surface area contributed by atoms with Gasteiger partial charge in [0.15, 0.2) is 0 Å². The lowest BCUT2D eigenvalue weighted by Gasteiger charge is -2.29. The minimum atomic E-state index is 0.380. The monoisotopic (exact) mass is 389 g/mol. The van der Waals surface area contributed by atoms with E-state index in [1.807, 2.05) is 12.3 Å². The van der Waals surface area contributed by atoms with Crippen molar-refractivity contribution in [3.8, 4) is 5.75 Å². The normalized spacial score (nSPS) is 20.5. The van der Waals surface area contributed by atoms with Crippen molar-refractivity contribution >= 4 is 11.9 Å². The first-order valence-electron chi connectivity index (χ1n) is 10.9. The Morgan fingerprint density at radius 1 is 1.24 bits per heavy atom. The van der Waals surface area contributed by atoms with Crippen LogP contribution in [0.15, 0.2) is 36.5 Å². The molecule has 2 aliphatic carbocycles. The number of carbonyl (C=O) groups excluding carboxylic acids is 1. The van der Waals surface area contributed by atoms with E-state index in [2.05, 4.69) is 37.3 Å². The van der Waals surface area contributed by atoms with Gasteiger partial charge in [-0.15, -0.1) is 0 Å². The number of ether oxygens (including phenoxy) is 1. The third kappa shape index (κ3) is 4.44. The van der Waals surface area contributed by atoms with Crippen molar-refractivity contribution in [2.75, 3.05) is 7.11 Å². The first-order valence-corrected chi connectivity index (χ1v) is 10.9. The molecule has 1 heterocycles. The number of carbonyl (C=O) groups is 1. The second-order valence-electron chi connectivity index (χ2n) is 8.62. The third-order valence-electron chi connectivity index (χ3n) is 6.59. The van der Waals surface area contributed by atoms with Gasteiger partial charge in [-0.05, 0) is 73.3 Å². The van der Waals surface area contributed by atoms with Gasteiger partial charge in [0.05, 0.1) is 12.8 Å². The van der Waals surface area contributed by atoms with E-state index >= 15 is 0 Å². The van der Waals surface area contributed by atoms with Gasteiger partial charge in [0, 0.05) is 25.0 Å². The summed E-state index contributed by atoms with van der Waals surface area (Å²) in [5.41, 5.74) is 6.27. The lowest BCUT2D eigenvalue weighted by Crippen LogP contribution is -2.19. The fraction of sp³-hybridized carbons (Fsp3) is 0.462. The van der Waals surface area contributed by atoms with Gasteiger partial charge in [-0.1, -0.05) is 36.8 Å². The Labute approximate surface area is 174 Å². The number of nitrogens with zero attached hydrogens (tertiary/aromatic N) is 1. The lowest BCUT2D eigenvalue weighted by atomic mass is 9.76. The first kappa shape index (κ1) is 19.9. The van der Waals surface area contributed by atoms with Crippen LogP contribution in [0.2, 0.25) is 0 Å². The fourth-order valence-electron chi connectivity index (χ4n) is 5.16. The zero-order valence-corrected chi connectivity index (χ0v) is 17.6. The van der Waals surface area contributed by atoms with Gasteiger partial charge in [-0.2, -0.15) is 0 Å². The molecular weight excluding hydrogens is 358 g/mol. The number of hydrogen-bond donors (Lipinski definition) is 0. The fourth-order valence-corrected chi connectivity index (χ4v) is 5.16. The molecule has 3 heteroatoms. The molecule has 1 fully saturated rings. The van der Waals surface area contributed by atoms with E-state index in [9.17, 15) is 4.79 Å². The standard InChI is InChI=1S/C26H31NO2/c1-18-6-3-9-21(26(18)29-2)12-13-23(28)17-19-7-4-10-22(16-19)25-24-11-5-8-20(24)14-15-27-25/h3,5-6,9,11,14-15,19,22H,4,7-8,10,12-13,16-17H2,1-2H3. The molecule has 0 aliphatic heterocycles. The van der Waals surface area contributed by atoms with Crippen LogP contribution in [0.25, 0.3) is 6.08 Å². The van der Waals surface area contributed by atoms with Crippen LogP contribution in [0.4, 0.5) is 0 Å². The van der Waals surface area contributed by atoms with Crippen LogP contribution in [0.3, 0.4) is 0 Å². The number of Topliss-reactive ketones (excluding diaryl/α,β-unsaturated/α-hetero) is 1. The molecule has 152 valence electrons. The smallest absolute Gasteiger partial charge is 0.133 e. The summed E-state index contributed by atoms with van der Waals surface area (Å²) >= 11 is 0. The third-order valence-corrected chi connectivity index (χ3v) is 6.59. The van der Waals surface area contributed by atoms with Crippen LogP contribution in [0, 0.1) is 12.8 Å². The highest BCUT2D eigenvalue weighted by Crippen LogP contribution is 2.40. The summed E-state index contributed by atoms with van der Waals surface area (Å²) in [5, 5.41) is 0. The Morgan fingerprint density at radius 3 is 3.00 bits per heavy atom. The van der Waals surface area contributed by atoms with E-state index in [1.165, 1.54) is 36.1 Å². The highest BCUT2D eigenvalue weighted by atomic mass is 16.5. The van der Waals surface area contributed by atoms with Crippen molar-refractivity contribution in [3.63, 3.8) is 0 Å². The van der Waals surface area contributed by atoms with Crippen LogP contribution < -0.4 is 4.74 Å². The molecule has 0 bridgehead atoms. The van der Waals surface area contributed by atoms with E-state index in [4.69, 9.17) is 9.72 Å². The van der Waals surface area contributed by atoms with Gasteiger partial charge >= 0.3 is 0 Å². The van der Waals surface area contributed by atoms with E-state index in [0.717, 1.165) is 36.1 Å². The van der Waals surface area contributed by atoms with E-state index in [0.29, 0.717) is 30.5 Å². The number of fused-ring (bicyclic) bond motifs is 1. The predicted octanol–water partition coefficient (Wildman–Crippen LogP) is 5.83. The number of hydrogen-bond acceptors (Lipinski definition) is 3. The Hall–Kier alpha value is -2.42. The van der Waals surface area contributed by atoms with Gasteiger partial charge in [0.1, 0.15) is 11.5 Å². The van der Waals surface area contributed by atoms with E-state index in [-0.39, 0.29) is 0 Å². The molecule has 0 radical (unpaired) electrons. The summed E-state index contributed by atoms with van der Waals surface area (Å²) in [4.78, 5) is 17.5. The molecule has 1 aromatic carbocycles. The number of benzene rings is 1. The number of methoxy groups -OCH3 is 1. The van der Waals surface area contributed by atoms with Crippen molar-refractivity contribution in [2.45, 2.75) is 64.2 Å². The molecule has 0 saturated heterocycles. The predicted molar refractivity (Wildman–Crippen MR) is 117 cm³/mol. The van der Waals surface area contributed by atoms with Crippen LogP contribution in [0.1, 0.15) is 72.4 Å². The first-order chi connectivity index (χ1) is 14.2. The highest BCUT2D eigenvalue weighted by Gasteiger charge is 2.28. The number of aryl methyl sites for hydroxylation is 2. The van der Waals surface area contributed by atoms with Crippen molar-refractivity contribution in [3.05, 3.63) is 64.5 Å². The van der Waals surface area contributed by atoms with Crippen LogP contribution in [-0.2, 0) is 17.6 Å². The van der Waals surface area contributed by atoms with Gasteiger partial charge in [-0.25, -0.2) is 0 Å². The second kappa shape index (κ2) is 8.94. The van der Waals surface area contributed by atoms with Crippen molar-refractivity contribution in [1.82, 2.24) is 4.98 Å². The van der Waals surface area contributed by atoms with Crippen molar-refractivity contribution in [1.29, 1.82) is 0 Å². The summed E-state index contributed by atoms with van der Waals surface area (Å²) in [6.07, 6.45) is 14.2. The molecule has 0 amide bonds. The summed E-state index contributed by atoms with van der Waals surface area (Å²) in [6, 6.07) is 8.31. The number of pyridine rings is 1. The maximum atomic E-state index is 12.7. The van der Waals surface area contributed by atoms with Crippen LogP contribution >= 0.6 is 0 Å². The highest BCUT2D eigenvalue weighted by molar-refractivity contribution is 5.79. The largest absolute Gasteiger partial charge is 0.496 e. The minimum absolute atomic E-state index is 0.380. The number of aromatic nitrogens is 1. The second-order valence-corrected chi connectivity index (χ2v) is 8.62. The van der Waals surface area contributed by atoms with Gasteiger partial charge < -0.3 is 4.74 Å². The molecule has 1 aromatic heterocycles. The summed E-state index contributed by atoms with van der Waals surface area (Å²) in [5.74, 6) is 2.29. The van der Waals surface area contributed by atoms with Crippen molar-refractivity contribution in [2.24, 2.45) is 5.92 Å². The van der Waals surface area contributed by atoms with Gasteiger partial charge in [0.25, 0.3) is 0 Å². The molecule has 2 atom stereocenters. The zero-order valence-electron chi connectivity index (χ0n) is 17.6. The Balaban J connectivity index is 1.35. The number of allylic oxidation sites excluding steroid dienone is 1. The summed E-state index contributed by atoms with van der Waals surface area (Å²) in [7, 11) is 1.71. The molecule has 4 rings (SSSR count). The quantitative estimate of drug-likeness (QED) is 0.598. The molecular formula is C26H31NO2. The molecule has 0 spiro atoms.